The molecule has 0 bridgehead atoms. The fourth-order valence-corrected chi connectivity index (χ4v) is 4.19. The lowest BCUT2D eigenvalue weighted by Crippen LogP contribution is -2.55. The third-order valence-corrected chi connectivity index (χ3v) is 4.84. The average Bonchev–Trinajstić information content (AvgIpc) is 2.02. The number of aliphatic hydroxyl groups is 1. The molecule has 1 atom stereocenters. The molecule has 0 amide bonds. The van der Waals surface area contributed by atoms with Crippen molar-refractivity contribution in [2.45, 2.75) is 42.4 Å². The van der Waals surface area contributed by atoms with Crippen molar-refractivity contribution in [2.24, 2.45) is 5.73 Å². The normalized spacial score (nSPS) is 39.5. The zero-order valence-corrected chi connectivity index (χ0v) is 8.20. The van der Waals surface area contributed by atoms with Gasteiger partial charge in [-0.3, -0.25) is 0 Å². The molecule has 70 valence electrons. The van der Waals surface area contributed by atoms with Gasteiger partial charge in [0.25, 0.3) is 0 Å². The number of hydrogen-bond acceptors (Lipinski definition) is 3. The molecule has 1 saturated carbocycles. The minimum Gasteiger partial charge on any atom is -0.394 e. The molecule has 2 fully saturated rings. The van der Waals surface area contributed by atoms with Crippen LogP contribution in [-0.4, -0.2) is 27.8 Å². The van der Waals surface area contributed by atoms with Crippen LogP contribution >= 0.6 is 11.8 Å². The van der Waals surface area contributed by atoms with Gasteiger partial charge in [0.05, 0.1) is 6.61 Å². The standard InChI is InChI=1S/C9H17NOS/c10-8(7-11)4-5-12-9(6-8)2-1-3-9/h11H,1-7,10H2. The predicted octanol–water partition coefficient (Wildman–Crippen LogP) is 1.13. The van der Waals surface area contributed by atoms with E-state index in [4.69, 9.17) is 10.8 Å². The van der Waals surface area contributed by atoms with Crippen molar-refractivity contribution in [1.82, 2.24) is 0 Å². The number of thioether (sulfide) groups is 1. The van der Waals surface area contributed by atoms with Crippen LogP contribution in [0.25, 0.3) is 0 Å². The van der Waals surface area contributed by atoms with Crippen LogP contribution in [0.4, 0.5) is 0 Å². The van der Waals surface area contributed by atoms with E-state index in [-0.39, 0.29) is 12.1 Å². The number of aliphatic hydroxyl groups excluding tert-OH is 1. The van der Waals surface area contributed by atoms with Crippen LogP contribution in [0.3, 0.4) is 0 Å². The summed E-state index contributed by atoms with van der Waals surface area (Å²) >= 11 is 2.08. The van der Waals surface area contributed by atoms with E-state index in [9.17, 15) is 0 Å². The fraction of sp³-hybridized carbons (Fsp3) is 1.00. The van der Waals surface area contributed by atoms with Crippen LogP contribution in [0.1, 0.15) is 32.1 Å². The molecular weight excluding hydrogens is 170 g/mol. The number of nitrogens with two attached hydrogens (primary N) is 1. The zero-order chi connectivity index (χ0) is 8.66. The van der Waals surface area contributed by atoms with Crippen molar-refractivity contribution >= 4 is 11.8 Å². The lowest BCUT2D eigenvalue weighted by molar-refractivity contribution is 0.146. The molecule has 1 heterocycles. The van der Waals surface area contributed by atoms with Crippen LogP contribution in [-0.2, 0) is 0 Å². The molecule has 1 saturated heterocycles. The van der Waals surface area contributed by atoms with Gasteiger partial charge in [-0.25, -0.2) is 0 Å². The molecule has 0 aromatic rings. The van der Waals surface area contributed by atoms with Crippen LogP contribution in [0.5, 0.6) is 0 Å². The Labute approximate surface area is 77.9 Å². The first-order chi connectivity index (χ1) is 5.68. The highest BCUT2D eigenvalue weighted by Gasteiger charge is 2.46. The first kappa shape index (κ1) is 8.85. The van der Waals surface area contributed by atoms with Crippen LogP contribution in [0.15, 0.2) is 0 Å². The summed E-state index contributed by atoms with van der Waals surface area (Å²) in [6, 6.07) is 0. The van der Waals surface area contributed by atoms with Gasteiger partial charge in [-0.2, -0.15) is 11.8 Å². The van der Waals surface area contributed by atoms with Gasteiger partial charge in [-0.05, 0) is 31.4 Å². The van der Waals surface area contributed by atoms with E-state index in [2.05, 4.69) is 11.8 Å². The quantitative estimate of drug-likeness (QED) is 0.647. The number of rotatable bonds is 1. The molecule has 3 heteroatoms. The topological polar surface area (TPSA) is 46.2 Å². The Balaban J connectivity index is 2.03. The second-order valence-corrected chi connectivity index (χ2v) is 5.90. The van der Waals surface area contributed by atoms with Crippen LogP contribution in [0.2, 0.25) is 0 Å². The summed E-state index contributed by atoms with van der Waals surface area (Å²) in [7, 11) is 0. The summed E-state index contributed by atoms with van der Waals surface area (Å²) in [5.74, 6) is 1.14. The second-order valence-electron chi connectivity index (χ2n) is 4.33. The molecule has 1 aliphatic heterocycles. The molecule has 1 unspecified atom stereocenters. The van der Waals surface area contributed by atoms with E-state index in [0.29, 0.717) is 4.75 Å². The van der Waals surface area contributed by atoms with Crippen LogP contribution in [0, 0.1) is 0 Å². The molecule has 0 aromatic carbocycles. The maximum Gasteiger partial charge on any atom is 0.0612 e. The second kappa shape index (κ2) is 2.89. The zero-order valence-electron chi connectivity index (χ0n) is 7.38. The predicted molar refractivity (Wildman–Crippen MR) is 52.3 cm³/mol. The largest absolute Gasteiger partial charge is 0.394 e. The molecule has 2 aliphatic rings. The lowest BCUT2D eigenvalue weighted by atomic mass is 9.74. The van der Waals surface area contributed by atoms with Gasteiger partial charge in [0, 0.05) is 10.3 Å². The SMILES string of the molecule is NC1(CO)CCSC2(CCC2)C1. The first-order valence-corrected chi connectivity index (χ1v) is 5.70. The molecule has 3 N–H and O–H groups in total. The van der Waals surface area contributed by atoms with E-state index in [1.165, 1.54) is 19.3 Å². The maximum absolute atomic E-state index is 9.17. The molecule has 2 nitrogen and oxygen atoms in total. The average molecular weight is 187 g/mol. The smallest absolute Gasteiger partial charge is 0.0612 e. The lowest BCUT2D eigenvalue weighted by Gasteiger charge is -2.50. The summed E-state index contributed by atoms with van der Waals surface area (Å²) in [5, 5.41) is 9.17. The van der Waals surface area contributed by atoms with Crippen LogP contribution < -0.4 is 5.73 Å². The summed E-state index contributed by atoms with van der Waals surface area (Å²) in [4.78, 5) is 0. The molecule has 0 radical (unpaired) electrons. The Hall–Kier alpha value is 0.270. The van der Waals surface area contributed by atoms with Gasteiger partial charge in [0.1, 0.15) is 0 Å². The molecular formula is C9H17NOS. The molecule has 1 spiro atoms. The van der Waals surface area contributed by atoms with Crippen molar-refractivity contribution in [3.05, 3.63) is 0 Å². The summed E-state index contributed by atoms with van der Waals surface area (Å²) in [6.45, 7) is 0.162. The van der Waals surface area contributed by atoms with E-state index < -0.39 is 0 Å². The van der Waals surface area contributed by atoms with Crippen molar-refractivity contribution in [3.8, 4) is 0 Å². The van der Waals surface area contributed by atoms with Crippen molar-refractivity contribution in [1.29, 1.82) is 0 Å². The summed E-state index contributed by atoms with van der Waals surface area (Å²) < 4.78 is 0.468. The Morgan fingerprint density at radius 3 is 2.58 bits per heavy atom. The van der Waals surface area contributed by atoms with Crippen molar-refractivity contribution in [2.75, 3.05) is 12.4 Å². The molecule has 0 aromatic heterocycles. The number of hydrogen-bond donors (Lipinski definition) is 2. The van der Waals surface area contributed by atoms with Gasteiger partial charge < -0.3 is 10.8 Å². The van der Waals surface area contributed by atoms with E-state index in [1.807, 2.05) is 0 Å². The fourth-order valence-electron chi connectivity index (χ4n) is 2.28. The minimum absolute atomic E-state index is 0.162. The van der Waals surface area contributed by atoms with Gasteiger partial charge in [0.2, 0.25) is 0 Å². The minimum atomic E-state index is -0.258. The highest BCUT2D eigenvalue weighted by molar-refractivity contribution is 8.00. The Bertz CT molecular complexity index is 172. The van der Waals surface area contributed by atoms with Crippen molar-refractivity contribution < 1.29 is 5.11 Å². The highest BCUT2D eigenvalue weighted by atomic mass is 32.2. The van der Waals surface area contributed by atoms with E-state index in [0.717, 1.165) is 18.6 Å². The van der Waals surface area contributed by atoms with Gasteiger partial charge in [-0.15, -0.1) is 0 Å². The molecule has 1 aliphatic carbocycles. The Morgan fingerprint density at radius 2 is 2.08 bits per heavy atom. The molecule has 12 heavy (non-hydrogen) atoms. The highest BCUT2D eigenvalue weighted by Crippen LogP contribution is 2.52. The van der Waals surface area contributed by atoms with E-state index in [1.54, 1.807) is 0 Å². The van der Waals surface area contributed by atoms with E-state index >= 15 is 0 Å². The first-order valence-electron chi connectivity index (χ1n) is 4.72. The van der Waals surface area contributed by atoms with Gasteiger partial charge in [-0.1, -0.05) is 6.42 Å². The Morgan fingerprint density at radius 1 is 1.33 bits per heavy atom. The third kappa shape index (κ3) is 1.38. The van der Waals surface area contributed by atoms with Gasteiger partial charge in [0.15, 0.2) is 0 Å². The molecule has 2 rings (SSSR count). The summed E-state index contributed by atoms with van der Waals surface area (Å²) in [6.07, 6.45) is 6.00. The summed E-state index contributed by atoms with van der Waals surface area (Å²) in [5.41, 5.74) is 5.82. The monoisotopic (exact) mass is 187 g/mol. The third-order valence-electron chi connectivity index (χ3n) is 3.26. The maximum atomic E-state index is 9.17. The van der Waals surface area contributed by atoms with Gasteiger partial charge >= 0.3 is 0 Å². The Kier molecular flexibility index (Phi) is 2.13. The van der Waals surface area contributed by atoms with Crippen molar-refractivity contribution in [3.63, 3.8) is 0 Å².